The summed E-state index contributed by atoms with van der Waals surface area (Å²) in [7, 11) is 0. The van der Waals surface area contributed by atoms with Crippen molar-refractivity contribution in [2.24, 2.45) is 0 Å². The van der Waals surface area contributed by atoms with Crippen LogP contribution in [-0.4, -0.2) is 35.4 Å². The van der Waals surface area contributed by atoms with E-state index in [0.29, 0.717) is 12.0 Å². The highest BCUT2D eigenvalue weighted by Gasteiger charge is 2.28. The average molecular weight is 284 g/mol. The molecule has 0 aliphatic carbocycles. The van der Waals surface area contributed by atoms with Crippen LogP contribution in [0.1, 0.15) is 50.6 Å². The summed E-state index contributed by atoms with van der Waals surface area (Å²) in [5.74, 6) is 0.352. The molecule has 108 valence electrons. The molecule has 4 nitrogen and oxygen atoms in total. The molecular weight excluding hydrogens is 260 g/mol. The van der Waals surface area contributed by atoms with Gasteiger partial charge in [0.1, 0.15) is 0 Å². The minimum absolute atomic E-state index is 0.0852. The van der Waals surface area contributed by atoms with Gasteiger partial charge in [-0.2, -0.15) is 0 Å². The molecule has 1 aromatic rings. The molecule has 1 N–H and O–H groups in total. The third kappa shape index (κ3) is 3.09. The van der Waals surface area contributed by atoms with E-state index in [2.05, 4.69) is 32.6 Å². The van der Waals surface area contributed by atoms with Gasteiger partial charge in [0, 0.05) is 6.54 Å². The van der Waals surface area contributed by atoms with Gasteiger partial charge in [-0.1, -0.05) is 32.1 Å². The molecule has 2 atom stereocenters. The van der Waals surface area contributed by atoms with Gasteiger partial charge in [0.25, 0.3) is 0 Å². The van der Waals surface area contributed by atoms with Gasteiger partial charge in [0.15, 0.2) is 5.13 Å². The van der Waals surface area contributed by atoms with Crippen LogP contribution in [0.4, 0.5) is 5.13 Å². The molecule has 0 amide bonds. The fourth-order valence-corrected chi connectivity index (χ4v) is 3.61. The summed E-state index contributed by atoms with van der Waals surface area (Å²) >= 11 is 1.62. The first-order chi connectivity index (χ1) is 9.06. The Kier molecular flexibility index (Phi) is 4.81. The fraction of sp³-hybridized carbons (Fsp3) is 0.786. The highest BCUT2D eigenvalue weighted by atomic mass is 32.1. The van der Waals surface area contributed by atoms with Crippen LogP contribution in [0, 0.1) is 0 Å². The number of anilines is 1. The molecule has 0 saturated carbocycles. The van der Waals surface area contributed by atoms with Crippen molar-refractivity contribution in [2.45, 2.75) is 58.8 Å². The van der Waals surface area contributed by atoms with Gasteiger partial charge in [0.2, 0.25) is 0 Å². The standard InChI is InChI=1S/C14H24N2O2S/c1-5-11-8-18-10(4)6-16(11)14-15-13(9(2)3)12(7-17)19-14/h9-11,17H,5-8H2,1-4H3. The number of hydrogen-bond acceptors (Lipinski definition) is 5. The number of hydrogen-bond donors (Lipinski definition) is 1. The Hall–Kier alpha value is -0.650. The molecule has 2 unspecified atom stereocenters. The summed E-state index contributed by atoms with van der Waals surface area (Å²) in [6, 6.07) is 0.397. The normalized spacial score (nSPS) is 24.2. The van der Waals surface area contributed by atoms with E-state index in [-0.39, 0.29) is 12.7 Å². The van der Waals surface area contributed by atoms with Crippen LogP contribution < -0.4 is 4.90 Å². The molecule has 5 heteroatoms. The molecule has 19 heavy (non-hydrogen) atoms. The second kappa shape index (κ2) is 6.20. The number of aromatic nitrogens is 1. The lowest BCUT2D eigenvalue weighted by atomic mass is 10.1. The Labute approximate surface area is 119 Å². The third-order valence-electron chi connectivity index (χ3n) is 3.59. The van der Waals surface area contributed by atoms with E-state index in [4.69, 9.17) is 9.72 Å². The molecule has 1 fully saturated rings. The van der Waals surface area contributed by atoms with Gasteiger partial charge in [-0.05, 0) is 19.3 Å². The van der Waals surface area contributed by atoms with Crippen LogP contribution in [0.2, 0.25) is 0 Å². The minimum Gasteiger partial charge on any atom is -0.391 e. The lowest BCUT2D eigenvalue weighted by molar-refractivity contribution is 0.0299. The van der Waals surface area contributed by atoms with Crippen molar-refractivity contribution in [3.05, 3.63) is 10.6 Å². The van der Waals surface area contributed by atoms with Crippen LogP contribution in [0.5, 0.6) is 0 Å². The average Bonchev–Trinajstić information content (AvgIpc) is 2.82. The topological polar surface area (TPSA) is 45.6 Å². The van der Waals surface area contributed by atoms with Crippen molar-refractivity contribution >= 4 is 16.5 Å². The largest absolute Gasteiger partial charge is 0.391 e. The van der Waals surface area contributed by atoms with Gasteiger partial charge in [-0.3, -0.25) is 0 Å². The van der Waals surface area contributed by atoms with Gasteiger partial charge in [0.05, 0.1) is 35.9 Å². The van der Waals surface area contributed by atoms with Crippen molar-refractivity contribution < 1.29 is 9.84 Å². The summed E-state index contributed by atoms with van der Waals surface area (Å²) in [5, 5.41) is 10.5. The zero-order valence-corrected chi connectivity index (χ0v) is 13.0. The molecule has 2 heterocycles. The zero-order chi connectivity index (χ0) is 14.0. The first-order valence-electron chi connectivity index (χ1n) is 7.05. The van der Waals surface area contributed by atoms with E-state index < -0.39 is 0 Å². The Bertz CT molecular complexity index is 420. The SMILES string of the molecule is CCC1COC(C)CN1c1nc(C(C)C)c(CO)s1. The smallest absolute Gasteiger partial charge is 0.186 e. The number of nitrogens with zero attached hydrogens (tertiary/aromatic N) is 2. The number of ether oxygens (including phenoxy) is 1. The Morgan fingerprint density at radius 2 is 2.26 bits per heavy atom. The Morgan fingerprint density at radius 3 is 2.79 bits per heavy atom. The van der Waals surface area contributed by atoms with Gasteiger partial charge in [-0.25, -0.2) is 4.98 Å². The maximum absolute atomic E-state index is 9.48. The van der Waals surface area contributed by atoms with Crippen molar-refractivity contribution in [1.29, 1.82) is 0 Å². The van der Waals surface area contributed by atoms with Crippen molar-refractivity contribution in [2.75, 3.05) is 18.1 Å². The molecule has 0 aromatic carbocycles. The predicted octanol–water partition coefficient (Wildman–Crippen LogP) is 2.76. The van der Waals surface area contributed by atoms with Crippen molar-refractivity contribution in [3.8, 4) is 0 Å². The summed E-state index contributed by atoms with van der Waals surface area (Å²) in [6.45, 7) is 10.3. The predicted molar refractivity (Wildman–Crippen MR) is 79.0 cm³/mol. The number of rotatable bonds is 4. The monoisotopic (exact) mass is 284 g/mol. The summed E-state index contributed by atoms with van der Waals surface area (Å²) in [6.07, 6.45) is 1.30. The molecule has 1 aliphatic rings. The van der Waals surface area contributed by atoms with Crippen molar-refractivity contribution in [3.63, 3.8) is 0 Å². The quantitative estimate of drug-likeness (QED) is 0.923. The lowest BCUT2D eigenvalue weighted by Gasteiger charge is -2.38. The van der Waals surface area contributed by atoms with Crippen LogP contribution in [0.15, 0.2) is 0 Å². The van der Waals surface area contributed by atoms with Gasteiger partial charge in [-0.15, -0.1) is 0 Å². The molecule has 2 rings (SSSR count). The van der Waals surface area contributed by atoms with Gasteiger partial charge < -0.3 is 14.7 Å². The molecule has 1 aliphatic heterocycles. The first-order valence-corrected chi connectivity index (χ1v) is 7.87. The third-order valence-corrected chi connectivity index (χ3v) is 4.68. The van der Waals surface area contributed by atoms with Crippen LogP contribution in [0.3, 0.4) is 0 Å². The van der Waals surface area contributed by atoms with E-state index in [1.165, 1.54) is 0 Å². The van der Waals surface area contributed by atoms with Crippen LogP contribution >= 0.6 is 11.3 Å². The van der Waals surface area contributed by atoms with E-state index in [1.807, 2.05) is 0 Å². The van der Waals surface area contributed by atoms with E-state index >= 15 is 0 Å². The molecule has 0 radical (unpaired) electrons. The number of morpholine rings is 1. The number of thiazole rings is 1. The fourth-order valence-electron chi connectivity index (χ4n) is 2.45. The second-order valence-corrected chi connectivity index (χ2v) is 6.54. The highest BCUT2D eigenvalue weighted by molar-refractivity contribution is 7.15. The van der Waals surface area contributed by atoms with E-state index in [9.17, 15) is 5.11 Å². The maximum Gasteiger partial charge on any atom is 0.186 e. The molecule has 1 saturated heterocycles. The maximum atomic E-state index is 9.48. The minimum atomic E-state index is 0.0852. The van der Waals surface area contributed by atoms with Gasteiger partial charge >= 0.3 is 0 Å². The lowest BCUT2D eigenvalue weighted by Crippen LogP contribution is -2.48. The Morgan fingerprint density at radius 1 is 1.53 bits per heavy atom. The number of aliphatic hydroxyl groups is 1. The van der Waals surface area contributed by atoms with Crippen molar-refractivity contribution in [1.82, 2.24) is 4.98 Å². The number of aliphatic hydroxyl groups excluding tert-OH is 1. The zero-order valence-electron chi connectivity index (χ0n) is 12.2. The summed E-state index contributed by atoms with van der Waals surface area (Å²) in [5.41, 5.74) is 1.04. The Balaban J connectivity index is 2.28. The van der Waals surface area contributed by atoms with Crippen LogP contribution in [0.25, 0.3) is 0 Å². The molecule has 0 spiro atoms. The first kappa shape index (κ1) is 14.8. The second-order valence-electron chi connectivity index (χ2n) is 5.48. The summed E-state index contributed by atoms with van der Waals surface area (Å²) in [4.78, 5) is 8.12. The highest BCUT2D eigenvalue weighted by Crippen LogP contribution is 2.33. The molecular formula is C14H24N2O2S. The molecule has 0 bridgehead atoms. The summed E-state index contributed by atoms with van der Waals surface area (Å²) < 4.78 is 5.73. The molecule has 1 aromatic heterocycles. The van der Waals surface area contributed by atoms with E-state index in [0.717, 1.165) is 35.3 Å². The van der Waals surface area contributed by atoms with E-state index in [1.54, 1.807) is 11.3 Å². The van der Waals surface area contributed by atoms with Crippen LogP contribution in [-0.2, 0) is 11.3 Å².